The minimum atomic E-state index is -0.377. The van der Waals surface area contributed by atoms with E-state index in [2.05, 4.69) is 49.5 Å². The van der Waals surface area contributed by atoms with Gasteiger partial charge in [-0.2, -0.15) is 0 Å². The van der Waals surface area contributed by atoms with E-state index in [9.17, 15) is 10.1 Å². The third kappa shape index (κ3) is 4.22. The Balaban J connectivity index is 1.71. The third-order valence-corrected chi connectivity index (χ3v) is 5.23. The van der Waals surface area contributed by atoms with Crippen LogP contribution in [0.3, 0.4) is 0 Å². The first-order valence-corrected chi connectivity index (χ1v) is 9.08. The van der Waals surface area contributed by atoms with E-state index in [1.54, 1.807) is 12.1 Å². The van der Waals surface area contributed by atoms with Gasteiger partial charge in [0, 0.05) is 36.4 Å². The van der Waals surface area contributed by atoms with E-state index >= 15 is 0 Å². The number of nitro benzene ring substituents is 1. The number of nitrogens with zero attached hydrogens (tertiary/aromatic N) is 1. The van der Waals surface area contributed by atoms with Crippen LogP contribution in [0.15, 0.2) is 54.6 Å². The second-order valence-electron chi connectivity index (χ2n) is 7.66. The fourth-order valence-electron chi connectivity index (χ4n) is 4.02. The zero-order valence-corrected chi connectivity index (χ0v) is 15.4. The van der Waals surface area contributed by atoms with Gasteiger partial charge in [0.25, 0.3) is 5.69 Å². The second kappa shape index (κ2) is 7.46. The van der Waals surface area contributed by atoms with Crippen molar-refractivity contribution >= 4 is 11.4 Å². The number of ether oxygens (including phenoxy) is 1. The van der Waals surface area contributed by atoms with Crippen LogP contribution in [0, 0.1) is 10.1 Å². The van der Waals surface area contributed by atoms with Crippen molar-refractivity contribution in [3.05, 3.63) is 70.3 Å². The van der Waals surface area contributed by atoms with Gasteiger partial charge in [-0.15, -0.1) is 0 Å². The molecule has 1 aliphatic heterocycles. The van der Waals surface area contributed by atoms with E-state index in [1.165, 1.54) is 17.7 Å². The molecule has 1 fully saturated rings. The fraction of sp³-hybridized carbons (Fsp3) is 0.429. The highest BCUT2D eigenvalue weighted by Crippen LogP contribution is 2.43. The van der Waals surface area contributed by atoms with Crippen molar-refractivity contribution in [2.24, 2.45) is 0 Å². The largest absolute Gasteiger partial charge is 0.385 e. The summed E-state index contributed by atoms with van der Waals surface area (Å²) in [4.78, 5) is 10.4. The summed E-state index contributed by atoms with van der Waals surface area (Å²) in [6, 6.07) is 17.3. The molecule has 2 aromatic rings. The van der Waals surface area contributed by atoms with Crippen LogP contribution in [-0.2, 0) is 10.2 Å². The Morgan fingerprint density at radius 3 is 2.42 bits per heavy atom. The molecule has 1 atom stereocenters. The minimum absolute atomic E-state index is 0.0801. The number of nitro groups is 1. The minimum Gasteiger partial charge on any atom is -0.385 e. The molecule has 1 unspecified atom stereocenters. The van der Waals surface area contributed by atoms with Crippen molar-refractivity contribution in [1.82, 2.24) is 0 Å². The van der Waals surface area contributed by atoms with Gasteiger partial charge >= 0.3 is 0 Å². The van der Waals surface area contributed by atoms with E-state index in [0.29, 0.717) is 0 Å². The number of benzene rings is 2. The SMILES string of the molecule is CC1(C)CC(CCNc2ccc([N+](=O)[O-])cc2)(c2ccccc2)CCO1. The number of nitrogens with one attached hydrogen (secondary N) is 1. The quantitative estimate of drug-likeness (QED) is 0.590. The molecule has 138 valence electrons. The predicted octanol–water partition coefficient (Wildman–Crippen LogP) is 4.92. The molecule has 1 aliphatic rings. The first-order valence-electron chi connectivity index (χ1n) is 9.08. The lowest BCUT2D eigenvalue weighted by Gasteiger charge is -2.45. The third-order valence-electron chi connectivity index (χ3n) is 5.23. The maximum atomic E-state index is 10.8. The fourth-order valence-corrected chi connectivity index (χ4v) is 4.02. The summed E-state index contributed by atoms with van der Waals surface area (Å²) >= 11 is 0. The Morgan fingerprint density at radius 1 is 1.12 bits per heavy atom. The van der Waals surface area contributed by atoms with Crippen LogP contribution in [0.25, 0.3) is 0 Å². The number of anilines is 1. The Bertz CT molecular complexity index is 744. The van der Waals surface area contributed by atoms with Gasteiger partial charge in [-0.1, -0.05) is 30.3 Å². The van der Waals surface area contributed by atoms with Crippen molar-refractivity contribution in [2.75, 3.05) is 18.5 Å². The highest BCUT2D eigenvalue weighted by Gasteiger charge is 2.41. The normalized spacial score (nSPS) is 21.9. The molecule has 1 saturated heterocycles. The van der Waals surface area contributed by atoms with Gasteiger partial charge in [0.2, 0.25) is 0 Å². The molecule has 5 nitrogen and oxygen atoms in total. The molecule has 0 saturated carbocycles. The number of non-ortho nitro benzene ring substituents is 1. The molecule has 0 radical (unpaired) electrons. The van der Waals surface area contributed by atoms with E-state index in [-0.39, 0.29) is 21.6 Å². The zero-order valence-electron chi connectivity index (χ0n) is 15.4. The Hall–Kier alpha value is -2.40. The van der Waals surface area contributed by atoms with Crippen LogP contribution < -0.4 is 5.32 Å². The summed E-state index contributed by atoms with van der Waals surface area (Å²) in [5.74, 6) is 0. The van der Waals surface area contributed by atoms with Gasteiger partial charge in [-0.25, -0.2) is 0 Å². The highest BCUT2D eigenvalue weighted by atomic mass is 16.6. The number of rotatable bonds is 6. The summed E-state index contributed by atoms with van der Waals surface area (Å²) in [6.45, 7) is 5.89. The standard InChI is InChI=1S/C21H26N2O3/c1-20(2)16-21(13-15-26-20,17-6-4-3-5-7-17)12-14-22-18-8-10-19(11-9-18)23(24)25/h3-11,22H,12-16H2,1-2H3. The average molecular weight is 354 g/mol. The van der Waals surface area contributed by atoms with Crippen molar-refractivity contribution < 1.29 is 9.66 Å². The lowest BCUT2D eigenvalue weighted by molar-refractivity contribution is -0.384. The smallest absolute Gasteiger partial charge is 0.269 e. The molecule has 0 spiro atoms. The molecule has 1 N–H and O–H groups in total. The van der Waals surface area contributed by atoms with Crippen LogP contribution >= 0.6 is 0 Å². The second-order valence-corrected chi connectivity index (χ2v) is 7.66. The highest BCUT2D eigenvalue weighted by molar-refractivity contribution is 5.48. The first kappa shape index (κ1) is 18.4. The Morgan fingerprint density at radius 2 is 1.81 bits per heavy atom. The van der Waals surface area contributed by atoms with E-state index < -0.39 is 0 Å². The topological polar surface area (TPSA) is 64.4 Å². The monoisotopic (exact) mass is 354 g/mol. The molecule has 3 rings (SSSR count). The van der Waals surface area contributed by atoms with E-state index in [1.807, 2.05) is 0 Å². The lowest BCUT2D eigenvalue weighted by atomic mass is 9.67. The van der Waals surface area contributed by atoms with Crippen molar-refractivity contribution in [3.8, 4) is 0 Å². The first-order chi connectivity index (χ1) is 12.4. The Labute approximate surface area is 154 Å². The van der Waals surface area contributed by atoms with Gasteiger partial charge in [-0.3, -0.25) is 10.1 Å². The molecule has 26 heavy (non-hydrogen) atoms. The number of hydrogen-bond acceptors (Lipinski definition) is 4. The average Bonchev–Trinajstić information content (AvgIpc) is 2.62. The van der Waals surface area contributed by atoms with Crippen LogP contribution in [0.1, 0.15) is 38.7 Å². The van der Waals surface area contributed by atoms with Gasteiger partial charge in [-0.05, 0) is 50.8 Å². The summed E-state index contributed by atoms with van der Waals surface area (Å²) < 4.78 is 5.96. The molecule has 0 aliphatic carbocycles. The van der Waals surface area contributed by atoms with Crippen LogP contribution in [0.2, 0.25) is 0 Å². The molecule has 0 bridgehead atoms. The van der Waals surface area contributed by atoms with Crippen molar-refractivity contribution in [1.29, 1.82) is 0 Å². The van der Waals surface area contributed by atoms with E-state index in [0.717, 1.165) is 38.1 Å². The molecular weight excluding hydrogens is 328 g/mol. The zero-order chi connectivity index (χ0) is 18.6. The predicted molar refractivity (Wildman–Crippen MR) is 104 cm³/mol. The molecule has 5 heteroatoms. The van der Waals surface area contributed by atoms with Crippen LogP contribution in [0.4, 0.5) is 11.4 Å². The maximum absolute atomic E-state index is 10.8. The van der Waals surface area contributed by atoms with Gasteiger partial charge < -0.3 is 10.1 Å². The van der Waals surface area contributed by atoms with E-state index in [4.69, 9.17) is 4.74 Å². The molecule has 0 amide bonds. The lowest BCUT2D eigenvalue weighted by Crippen LogP contribution is -2.44. The molecule has 0 aromatic heterocycles. The molecule has 2 aromatic carbocycles. The molecular formula is C21H26N2O3. The van der Waals surface area contributed by atoms with Gasteiger partial charge in [0.05, 0.1) is 10.5 Å². The summed E-state index contributed by atoms with van der Waals surface area (Å²) in [7, 11) is 0. The summed E-state index contributed by atoms with van der Waals surface area (Å²) in [5.41, 5.74) is 2.33. The number of hydrogen-bond donors (Lipinski definition) is 1. The maximum Gasteiger partial charge on any atom is 0.269 e. The Kier molecular flexibility index (Phi) is 5.28. The van der Waals surface area contributed by atoms with Crippen LogP contribution in [0.5, 0.6) is 0 Å². The van der Waals surface area contributed by atoms with Gasteiger partial charge in [0.15, 0.2) is 0 Å². The van der Waals surface area contributed by atoms with Crippen LogP contribution in [-0.4, -0.2) is 23.7 Å². The van der Waals surface area contributed by atoms with Crippen molar-refractivity contribution in [2.45, 2.75) is 44.1 Å². The molecule has 1 heterocycles. The summed E-state index contributed by atoms with van der Waals surface area (Å²) in [5, 5.41) is 14.2. The summed E-state index contributed by atoms with van der Waals surface area (Å²) in [6.07, 6.45) is 2.97. The van der Waals surface area contributed by atoms with Crippen molar-refractivity contribution in [3.63, 3.8) is 0 Å². The van der Waals surface area contributed by atoms with Gasteiger partial charge in [0.1, 0.15) is 0 Å².